The minimum Gasteiger partial charge on any atom is -0.332 e. The van der Waals surface area contributed by atoms with Crippen LogP contribution in [0.25, 0.3) is 10.2 Å². The molecule has 2 atom stereocenters. The fourth-order valence-corrected chi connectivity index (χ4v) is 4.31. The van der Waals surface area contributed by atoms with Crippen LogP contribution in [0.15, 0.2) is 42.5 Å². The molecule has 0 aliphatic carbocycles. The van der Waals surface area contributed by atoms with Gasteiger partial charge in [0.2, 0.25) is 0 Å². The lowest BCUT2D eigenvalue weighted by molar-refractivity contribution is -0.862. The first-order chi connectivity index (χ1) is 14.3. The Morgan fingerprint density at radius 1 is 1.13 bits per heavy atom. The summed E-state index contributed by atoms with van der Waals surface area (Å²) in [6.45, 7) is 6.46. The highest BCUT2D eigenvalue weighted by atomic mass is 32.1. The van der Waals surface area contributed by atoms with Crippen molar-refractivity contribution in [1.29, 1.82) is 0 Å². The monoisotopic (exact) mass is 425 g/mol. The molecule has 1 unspecified atom stereocenters. The maximum absolute atomic E-state index is 12.8. The molecule has 3 aromatic rings. The van der Waals surface area contributed by atoms with Gasteiger partial charge in [0.1, 0.15) is 5.01 Å². The number of anilines is 1. The van der Waals surface area contributed by atoms with Crippen LogP contribution in [0.3, 0.4) is 0 Å². The highest BCUT2D eigenvalue weighted by Crippen LogP contribution is 2.28. The summed E-state index contributed by atoms with van der Waals surface area (Å²) in [6, 6.07) is 13.7. The van der Waals surface area contributed by atoms with Gasteiger partial charge in [0, 0.05) is 12.7 Å². The molecule has 0 saturated heterocycles. The number of likely N-dealkylation sites (N-methyl/N-ethyl adjacent to an activating group) is 2. The summed E-state index contributed by atoms with van der Waals surface area (Å²) < 4.78 is 1.12. The minimum absolute atomic E-state index is 0.0150. The second kappa shape index (κ2) is 9.36. The van der Waals surface area contributed by atoms with Gasteiger partial charge in [-0.1, -0.05) is 24.3 Å². The van der Waals surface area contributed by atoms with Crippen LogP contribution in [0.5, 0.6) is 0 Å². The third kappa shape index (κ3) is 5.04. The van der Waals surface area contributed by atoms with E-state index in [9.17, 15) is 9.59 Å². The lowest BCUT2D eigenvalue weighted by Crippen LogP contribution is -3.11. The van der Waals surface area contributed by atoms with Gasteiger partial charge in [-0.2, -0.15) is 0 Å². The van der Waals surface area contributed by atoms with Gasteiger partial charge >= 0.3 is 0 Å². The van der Waals surface area contributed by atoms with Crippen LogP contribution in [0.2, 0.25) is 0 Å². The number of thiazole rings is 1. The Bertz CT molecular complexity index is 1030. The molecule has 0 bridgehead atoms. The van der Waals surface area contributed by atoms with Gasteiger partial charge in [-0.3, -0.25) is 9.59 Å². The molecule has 0 saturated carbocycles. The SMILES string of the molecule is Cc1cccc(NC(=O)C[NH+](C)CC(=O)N(C)[C@@H](C)c2nc3ccccc3s2)c1C. The molecule has 7 heteroatoms. The molecule has 0 aliphatic rings. The number of aryl methyl sites for hydroxylation is 1. The standard InChI is InChI=1S/C23H28N4O2S/c1-15-9-8-11-18(16(15)2)24-21(28)13-26(4)14-22(29)27(5)17(3)23-25-19-10-6-7-12-20(19)30-23/h6-12,17H,13-14H2,1-5H3,(H,24,28)/p+1/t17-/m0/s1. The number of aromatic nitrogens is 1. The van der Waals surface area contributed by atoms with E-state index < -0.39 is 0 Å². The molecule has 0 spiro atoms. The summed E-state index contributed by atoms with van der Waals surface area (Å²) in [5, 5.41) is 3.87. The first-order valence-corrected chi connectivity index (χ1v) is 10.9. The van der Waals surface area contributed by atoms with Crippen LogP contribution in [-0.2, 0) is 9.59 Å². The fourth-order valence-electron chi connectivity index (χ4n) is 3.25. The maximum Gasteiger partial charge on any atom is 0.279 e. The molecule has 1 heterocycles. The number of hydrogen-bond acceptors (Lipinski definition) is 4. The molecule has 2 amide bonds. The molecule has 2 N–H and O–H groups in total. The van der Waals surface area contributed by atoms with Crippen LogP contribution >= 0.6 is 11.3 Å². The second-order valence-corrected chi connectivity index (χ2v) is 8.87. The van der Waals surface area contributed by atoms with E-state index in [2.05, 4.69) is 10.3 Å². The van der Waals surface area contributed by atoms with Crippen LogP contribution < -0.4 is 10.2 Å². The third-order valence-corrected chi connectivity index (χ3v) is 6.64. The normalized spacial score (nSPS) is 13.1. The fraction of sp³-hybridized carbons (Fsp3) is 0.348. The van der Waals surface area contributed by atoms with E-state index in [1.165, 1.54) is 0 Å². The summed E-state index contributed by atoms with van der Waals surface area (Å²) in [5.41, 5.74) is 3.97. The van der Waals surface area contributed by atoms with Crippen molar-refractivity contribution in [1.82, 2.24) is 9.88 Å². The Morgan fingerprint density at radius 2 is 1.87 bits per heavy atom. The van der Waals surface area contributed by atoms with E-state index in [1.54, 1.807) is 23.3 Å². The number of para-hydroxylation sites is 1. The Kier molecular flexibility index (Phi) is 6.84. The van der Waals surface area contributed by atoms with Crippen LogP contribution in [-0.4, -0.2) is 48.9 Å². The van der Waals surface area contributed by atoms with E-state index in [0.29, 0.717) is 0 Å². The number of hydrogen-bond donors (Lipinski definition) is 2. The summed E-state index contributed by atoms with van der Waals surface area (Å²) in [4.78, 5) is 32.4. The molecule has 1 aromatic heterocycles. The van der Waals surface area contributed by atoms with E-state index >= 15 is 0 Å². The van der Waals surface area contributed by atoms with Crippen LogP contribution in [0.4, 0.5) is 5.69 Å². The molecular formula is C23H29N4O2S+. The van der Waals surface area contributed by atoms with Gasteiger partial charge in [-0.15, -0.1) is 11.3 Å². The van der Waals surface area contributed by atoms with Crippen molar-refractivity contribution in [3.05, 3.63) is 58.6 Å². The van der Waals surface area contributed by atoms with Gasteiger partial charge in [0.15, 0.2) is 13.1 Å². The van der Waals surface area contributed by atoms with Gasteiger partial charge in [-0.25, -0.2) is 4.98 Å². The number of fused-ring (bicyclic) bond motifs is 1. The Labute approximate surface area is 181 Å². The molecule has 0 radical (unpaired) electrons. The first-order valence-electron chi connectivity index (χ1n) is 10.0. The average Bonchev–Trinajstić information content (AvgIpc) is 3.14. The molecule has 158 valence electrons. The Hall–Kier alpha value is -2.77. The maximum atomic E-state index is 12.8. The third-order valence-electron chi connectivity index (χ3n) is 5.44. The molecular weight excluding hydrogens is 396 g/mol. The van der Waals surface area contributed by atoms with Crippen molar-refractivity contribution in [2.75, 3.05) is 32.5 Å². The van der Waals surface area contributed by atoms with Crippen molar-refractivity contribution in [3.8, 4) is 0 Å². The number of nitrogens with one attached hydrogen (secondary N) is 2. The number of nitrogens with zero attached hydrogens (tertiary/aromatic N) is 2. The zero-order chi connectivity index (χ0) is 21.8. The van der Waals surface area contributed by atoms with Crippen LogP contribution in [0, 0.1) is 13.8 Å². The van der Waals surface area contributed by atoms with Gasteiger partial charge in [0.25, 0.3) is 11.8 Å². The molecule has 30 heavy (non-hydrogen) atoms. The smallest absolute Gasteiger partial charge is 0.279 e. The minimum atomic E-state index is -0.119. The summed E-state index contributed by atoms with van der Waals surface area (Å²) in [6.07, 6.45) is 0. The Balaban J connectivity index is 1.56. The predicted molar refractivity (Wildman–Crippen MR) is 122 cm³/mol. The highest BCUT2D eigenvalue weighted by Gasteiger charge is 2.24. The zero-order valence-electron chi connectivity index (χ0n) is 18.2. The van der Waals surface area contributed by atoms with Gasteiger partial charge < -0.3 is 15.1 Å². The van der Waals surface area contributed by atoms with Crippen molar-refractivity contribution in [2.24, 2.45) is 0 Å². The highest BCUT2D eigenvalue weighted by molar-refractivity contribution is 7.18. The molecule has 6 nitrogen and oxygen atoms in total. The predicted octanol–water partition coefficient (Wildman–Crippen LogP) is 2.59. The van der Waals surface area contributed by atoms with Crippen LogP contribution in [0.1, 0.15) is 29.1 Å². The Morgan fingerprint density at radius 3 is 2.60 bits per heavy atom. The first kappa shape index (κ1) is 21.9. The lowest BCUT2D eigenvalue weighted by Gasteiger charge is -2.24. The lowest BCUT2D eigenvalue weighted by atomic mass is 10.1. The quantitative estimate of drug-likeness (QED) is 0.612. The van der Waals surface area contributed by atoms with Crippen molar-refractivity contribution in [3.63, 3.8) is 0 Å². The summed E-state index contributed by atoms with van der Waals surface area (Å²) in [5.74, 6) is -0.116. The van der Waals surface area contributed by atoms with Crippen molar-refractivity contribution < 1.29 is 14.5 Å². The molecule has 2 aromatic carbocycles. The number of carbonyl (C=O) groups is 2. The summed E-state index contributed by atoms with van der Waals surface area (Å²) >= 11 is 1.61. The van der Waals surface area contributed by atoms with E-state index in [-0.39, 0.29) is 30.9 Å². The molecule has 3 rings (SSSR count). The largest absolute Gasteiger partial charge is 0.332 e. The number of rotatable bonds is 7. The van der Waals surface area contributed by atoms with Crippen molar-refractivity contribution in [2.45, 2.75) is 26.8 Å². The number of amides is 2. The van der Waals surface area contributed by atoms with E-state index in [0.717, 1.165) is 36.9 Å². The second-order valence-electron chi connectivity index (χ2n) is 7.81. The van der Waals surface area contributed by atoms with E-state index in [1.807, 2.05) is 70.3 Å². The molecule has 0 fully saturated rings. The average molecular weight is 426 g/mol. The number of carbonyl (C=O) groups excluding carboxylic acids is 2. The summed E-state index contributed by atoms with van der Waals surface area (Å²) in [7, 11) is 3.65. The zero-order valence-corrected chi connectivity index (χ0v) is 19.0. The topological polar surface area (TPSA) is 66.7 Å². The number of quaternary nitrogens is 1. The van der Waals surface area contributed by atoms with Gasteiger partial charge in [-0.05, 0) is 50.1 Å². The van der Waals surface area contributed by atoms with Crippen molar-refractivity contribution >= 4 is 39.1 Å². The number of benzene rings is 2. The molecule has 0 aliphatic heterocycles. The van der Waals surface area contributed by atoms with E-state index in [4.69, 9.17) is 0 Å². The van der Waals surface area contributed by atoms with Gasteiger partial charge in [0.05, 0.1) is 23.3 Å².